The monoisotopic (exact) mass is 276 g/mol. The van der Waals surface area contributed by atoms with Crippen LogP contribution in [0.15, 0.2) is 18.3 Å². The molecule has 6 nitrogen and oxygen atoms in total. The first-order chi connectivity index (χ1) is 9.67. The number of carbonyl (C=O) groups excluding carboxylic acids is 2. The molecule has 0 bridgehead atoms. The average molecular weight is 276 g/mol. The lowest BCUT2D eigenvalue weighted by molar-refractivity contribution is -0.127. The first-order valence-corrected chi connectivity index (χ1v) is 6.96. The molecule has 1 unspecified atom stereocenters. The van der Waals surface area contributed by atoms with E-state index in [1.54, 1.807) is 17.2 Å². The molecule has 1 aromatic rings. The minimum atomic E-state index is -0.397. The molecule has 1 atom stereocenters. The van der Waals surface area contributed by atoms with Gasteiger partial charge in [-0.1, -0.05) is 6.92 Å². The van der Waals surface area contributed by atoms with Crippen LogP contribution < -0.4 is 10.6 Å². The minimum Gasteiger partial charge on any atom is -0.384 e. The first-order valence-electron chi connectivity index (χ1n) is 6.96. The summed E-state index contributed by atoms with van der Waals surface area (Å²) in [5.74, 6) is -0.272. The highest BCUT2D eigenvalue weighted by Crippen LogP contribution is 2.14. The van der Waals surface area contributed by atoms with Crippen LogP contribution in [-0.4, -0.2) is 47.4 Å². The van der Waals surface area contributed by atoms with Crippen molar-refractivity contribution in [1.29, 1.82) is 0 Å². The summed E-state index contributed by atoms with van der Waals surface area (Å²) in [5.41, 5.74) is 1.26. The highest BCUT2D eigenvalue weighted by Gasteiger charge is 2.32. The number of hydrogen-bond donors (Lipinski definition) is 2. The molecule has 108 valence electrons. The molecule has 0 spiro atoms. The zero-order chi connectivity index (χ0) is 14.5. The van der Waals surface area contributed by atoms with E-state index in [1.165, 1.54) is 0 Å². The van der Waals surface area contributed by atoms with E-state index in [0.29, 0.717) is 25.2 Å². The Labute approximate surface area is 118 Å². The Kier molecular flexibility index (Phi) is 4.55. The second-order valence-corrected chi connectivity index (χ2v) is 4.68. The fourth-order valence-corrected chi connectivity index (χ4v) is 2.34. The summed E-state index contributed by atoms with van der Waals surface area (Å²) in [6, 6.07) is 3.13. The summed E-state index contributed by atoms with van der Waals surface area (Å²) in [5, 5.41) is 5.91. The lowest BCUT2D eigenvalue weighted by Gasteiger charge is -2.34. The third kappa shape index (κ3) is 2.89. The van der Waals surface area contributed by atoms with E-state index in [4.69, 9.17) is 0 Å². The van der Waals surface area contributed by atoms with Crippen LogP contribution in [0.2, 0.25) is 0 Å². The van der Waals surface area contributed by atoms with Crippen molar-refractivity contribution < 1.29 is 9.59 Å². The van der Waals surface area contributed by atoms with Crippen molar-refractivity contribution in [3.05, 3.63) is 24.0 Å². The summed E-state index contributed by atoms with van der Waals surface area (Å²) in [7, 11) is 0. The van der Waals surface area contributed by atoms with Gasteiger partial charge >= 0.3 is 0 Å². The third-order valence-corrected chi connectivity index (χ3v) is 3.34. The molecule has 20 heavy (non-hydrogen) atoms. The molecule has 1 aliphatic rings. The van der Waals surface area contributed by atoms with Crippen LogP contribution in [0.3, 0.4) is 0 Å². The summed E-state index contributed by atoms with van der Waals surface area (Å²) in [6.45, 7) is 5.73. The maximum absolute atomic E-state index is 12.4. The van der Waals surface area contributed by atoms with E-state index >= 15 is 0 Å². The van der Waals surface area contributed by atoms with E-state index in [-0.39, 0.29) is 11.8 Å². The highest BCUT2D eigenvalue weighted by atomic mass is 16.2. The standard InChI is InChI=1S/C14H20N4O2/c1-3-12-13(19)16-7-8-18(12)14(20)11-6-5-10(9-17-11)15-4-2/h5-6,9,12,15H,3-4,7-8H2,1-2H3,(H,16,19). The van der Waals surface area contributed by atoms with Crippen LogP contribution in [0.4, 0.5) is 5.69 Å². The van der Waals surface area contributed by atoms with Gasteiger partial charge in [-0.15, -0.1) is 0 Å². The largest absolute Gasteiger partial charge is 0.384 e. The van der Waals surface area contributed by atoms with Gasteiger partial charge in [-0.2, -0.15) is 0 Å². The van der Waals surface area contributed by atoms with Crippen LogP contribution >= 0.6 is 0 Å². The SMILES string of the molecule is CCNc1ccc(C(=O)N2CCNC(=O)C2CC)nc1. The summed E-state index contributed by atoms with van der Waals surface area (Å²) in [6.07, 6.45) is 2.24. The van der Waals surface area contributed by atoms with E-state index in [0.717, 1.165) is 12.2 Å². The third-order valence-electron chi connectivity index (χ3n) is 3.34. The lowest BCUT2D eigenvalue weighted by Crippen LogP contribution is -2.57. The predicted molar refractivity (Wildman–Crippen MR) is 76.5 cm³/mol. The van der Waals surface area contributed by atoms with Crippen molar-refractivity contribution in [2.45, 2.75) is 26.3 Å². The quantitative estimate of drug-likeness (QED) is 0.855. The molecule has 0 radical (unpaired) electrons. The zero-order valence-corrected chi connectivity index (χ0v) is 11.8. The van der Waals surface area contributed by atoms with Crippen LogP contribution in [0, 0.1) is 0 Å². The van der Waals surface area contributed by atoms with Crippen molar-refractivity contribution in [1.82, 2.24) is 15.2 Å². The van der Waals surface area contributed by atoms with Crippen molar-refractivity contribution in [3.8, 4) is 0 Å². The number of carbonyl (C=O) groups is 2. The second kappa shape index (κ2) is 6.36. The van der Waals surface area contributed by atoms with E-state index in [2.05, 4.69) is 15.6 Å². The van der Waals surface area contributed by atoms with Crippen molar-refractivity contribution in [2.24, 2.45) is 0 Å². The van der Waals surface area contributed by atoms with Gasteiger partial charge in [0.1, 0.15) is 11.7 Å². The normalized spacial score (nSPS) is 18.6. The number of pyridine rings is 1. The van der Waals surface area contributed by atoms with Gasteiger partial charge in [-0.05, 0) is 25.5 Å². The van der Waals surface area contributed by atoms with Crippen molar-refractivity contribution >= 4 is 17.5 Å². The van der Waals surface area contributed by atoms with Crippen LogP contribution in [0.5, 0.6) is 0 Å². The molecule has 1 fully saturated rings. The summed E-state index contributed by atoms with van der Waals surface area (Å²) in [4.78, 5) is 30.0. The molecule has 0 aliphatic carbocycles. The Bertz CT molecular complexity index is 486. The van der Waals surface area contributed by atoms with Gasteiger partial charge < -0.3 is 15.5 Å². The first kappa shape index (κ1) is 14.3. The molecule has 0 saturated carbocycles. The second-order valence-electron chi connectivity index (χ2n) is 4.68. The molecule has 1 aromatic heterocycles. The molecule has 2 rings (SSSR count). The fraction of sp³-hybridized carbons (Fsp3) is 0.500. The lowest BCUT2D eigenvalue weighted by atomic mass is 10.1. The van der Waals surface area contributed by atoms with Crippen molar-refractivity contribution in [2.75, 3.05) is 25.0 Å². The fourth-order valence-electron chi connectivity index (χ4n) is 2.34. The molecule has 2 amide bonds. The Morgan fingerprint density at radius 3 is 2.90 bits per heavy atom. The Balaban J connectivity index is 2.14. The van der Waals surface area contributed by atoms with Crippen molar-refractivity contribution in [3.63, 3.8) is 0 Å². The molecule has 0 aromatic carbocycles. The van der Waals surface area contributed by atoms with E-state index in [9.17, 15) is 9.59 Å². The number of rotatable bonds is 4. The smallest absolute Gasteiger partial charge is 0.273 e. The van der Waals surface area contributed by atoms with Crippen LogP contribution in [-0.2, 0) is 4.79 Å². The molecular weight excluding hydrogens is 256 g/mol. The highest BCUT2D eigenvalue weighted by molar-refractivity contribution is 5.97. The zero-order valence-electron chi connectivity index (χ0n) is 11.8. The Morgan fingerprint density at radius 2 is 2.30 bits per heavy atom. The van der Waals surface area contributed by atoms with Gasteiger partial charge in [0.05, 0.1) is 11.9 Å². The van der Waals surface area contributed by atoms with Gasteiger partial charge in [0.15, 0.2) is 0 Å². The Hall–Kier alpha value is -2.11. The van der Waals surface area contributed by atoms with E-state index in [1.807, 2.05) is 19.9 Å². The molecule has 1 aliphatic heterocycles. The maximum Gasteiger partial charge on any atom is 0.273 e. The van der Waals surface area contributed by atoms with Gasteiger partial charge in [0.2, 0.25) is 5.91 Å². The molecule has 2 N–H and O–H groups in total. The summed E-state index contributed by atoms with van der Waals surface area (Å²) >= 11 is 0. The van der Waals surface area contributed by atoms with E-state index < -0.39 is 6.04 Å². The number of anilines is 1. The topological polar surface area (TPSA) is 74.3 Å². The minimum absolute atomic E-state index is 0.0867. The summed E-state index contributed by atoms with van der Waals surface area (Å²) < 4.78 is 0. The van der Waals surface area contributed by atoms with Gasteiger partial charge in [0.25, 0.3) is 5.91 Å². The Morgan fingerprint density at radius 1 is 1.50 bits per heavy atom. The number of aromatic nitrogens is 1. The molecule has 6 heteroatoms. The number of nitrogens with one attached hydrogen (secondary N) is 2. The molecule has 1 saturated heterocycles. The van der Waals surface area contributed by atoms with Gasteiger partial charge in [-0.25, -0.2) is 4.98 Å². The number of amides is 2. The average Bonchev–Trinajstić information content (AvgIpc) is 2.47. The maximum atomic E-state index is 12.4. The predicted octanol–water partition coefficient (Wildman–Crippen LogP) is 0.864. The van der Waals surface area contributed by atoms with Crippen LogP contribution in [0.25, 0.3) is 0 Å². The van der Waals surface area contributed by atoms with Gasteiger partial charge in [-0.3, -0.25) is 9.59 Å². The number of hydrogen-bond acceptors (Lipinski definition) is 4. The molecular formula is C14H20N4O2. The van der Waals surface area contributed by atoms with Gasteiger partial charge in [0, 0.05) is 19.6 Å². The number of nitrogens with zero attached hydrogens (tertiary/aromatic N) is 2. The van der Waals surface area contributed by atoms with Crippen LogP contribution in [0.1, 0.15) is 30.8 Å². The molecule has 2 heterocycles. The number of piperazine rings is 1.